The van der Waals surface area contributed by atoms with Gasteiger partial charge in [0.25, 0.3) is 0 Å². The van der Waals surface area contributed by atoms with Crippen LogP contribution in [0.4, 0.5) is 5.82 Å². The summed E-state index contributed by atoms with van der Waals surface area (Å²) in [5.41, 5.74) is 9.96. The summed E-state index contributed by atoms with van der Waals surface area (Å²) in [4.78, 5) is 8.50. The van der Waals surface area contributed by atoms with Crippen LogP contribution in [0.2, 0.25) is 0 Å². The van der Waals surface area contributed by atoms with Gasteiger partial charge in [-0.1, -0.05) is 18.2 Å². The number of benzene rings is 1. The van der Waals surface area contributed by atoms with Gasteiger partial charge in [0.2, 0.25) is 0 Å². The van der Waals surface area contributed by atoms with Gasteiger partial charge in [-0.3, -0.25) is 0 Å². The number of anilines is 1. The minimum atomic E-state index is 0.412. The number of nitrogen functional groups attached to an aromatic ring is 1. The lowest BCUT2D eigenvalue weighted by atomic mass is 10.0. The second kappa shape index (κ2) is 4.22. The van der Waals surface area contributed by atoms with E-state index in [1.807, 2.05) is 6.07 Å². The number of nitrogens with two attached hydrogens (primary N) is 1. The standard InChI is InChI=1S/C12H12BrN3/c1-7-4-3-5-8(2)10(7)9-6-15-12(14)11(13)16-9/h3-6H,1-2H3,(H2,14,15). The zero-order valence-corrected chi connectivity index (χ0v) is 10.7. The molecule has 0 amide bonds. The number of aromatic nitrogens is 2. The van der Waals surface area contributed by atoms with E-state index >= 15 is 0 Å². The minimum absolute atomic E-state index is 0.412. The van der Waals surface area contributed by atoms with Crippen LogP contribution < -0.4 is 5.73 Å². The monoisotopic (exact) mass is 277 g/mol. The zero-order valence-electron chi connectivity index (χ0n) is 9.16. The highest BCUT2D eigenvalue weighted by Gasteiger charge is 2.08. The lowest BCUT2D eigenvalue weighted by Gasteiger charge is -2.09. The number of halogens is 1. The molecule has 16 heavy (non-hydrogen) atoms. The van der Waals surface area contributed by atoms with Crippen molar-refractivity contribution in [2.75, 3.05) is 5.73 Å². The van der Waals surface area contributed by atoms with Crippen molar-refractivity contribution in [3.05, 3.63) is 40.1 Å². The van der Waals surface area contributed by atoms with Crippen molar-refractivity contribution in [2.45, 2.75) is 13.8 Å². The first-order valence-electron chi connectivity index (χ1n) is 4.94. The predicted octanol–water partition coefficient (Wildman–Crippen LogP) is 3.11. The van der Waals surface area contributed by atoms with Crippen LogP contribution >= 0.6 is 15.9 Å². The van der Waals surface area contributed by atoms with Gasteiger partial charge in [0.05, 0.1) is 11.9 Å². The number of hydrogen-bond acceptors (Lipinski definition) is 3. The molecule has 2 aromatic rings. The molecule has 0 aliphatic rings. The topological polar surface area (TPSA) is 51.8 Å². The fraction of sp³-hybridized carbons (Fsp3) is 0.167. The quantitative estimate of drug-likeness (QED) is 0.872. The smallest absolute Gasteiger partial charge is 0.156 e. The summed E-state index contributed by atoms with van der Waals surface area (Å²) in [5.74, 6) is 0.412. The summed E-state index contributed by atoms with van der Waals surface area (Å²) in [6, 6.07) is 6.16. The van der Waals surface area contributed by atoms with Gasteiger partial charge in [-0.25, -0.2) is 9.97 Å². The van der Waals surface area contributed by atoms with Crippen molar-refractivity contribution in [1.82, 2.24) is 9.97 Å². The molecule has 0 saturated carbocycles. The van der Waals surface area contributed by atoms with Gasteiger partial charge < -0.3 is 5.73 Å². The molecule has 3 nitrogen and oxygen atoms in total. The van der Waals surface area contributed by atoms with E-state index in [4.69, 9.17) is 5.73 Å². The molecule has 1 heterocycles. The van der Waals surface area contributed by atoms with Crippen molar-refractivity contribution in [1.29, 1.82) is 0 Å². The van der Waals surface area contributed by atoms with Gasteiger partial charge in [-0.15, -0.1) is 0 Å². The maximum absolute atomic E-state index is 5.62. The molecule has 0 radical (unpaired) electrons. The number of rotatable bonds is 1. The Bertz CT molecular complexity index is 518. The van der Waals surface area contributed by atoms with Crippen LogP contribution in [-0.2, 0) is 0 Å². The molecule has 82 valence electrons. The zero-order chi connectivity index (χ0) is 11.7. The van der Waals surface area contributed by atoms with Gasteiger partial charge in [0.1, 0.15) is 4.60 Å². The Kier molecular flexibility index (Phi) is 2.92. The summed E-state index contributed by atoms with van der Waals surface area (Å²) in [6.45, 7) is 4.13. The maximum Gasteiger partial charge on any atom is 0.156 e. The fourth-order valence-corrected chi connectivity index (χ4v) is 2.01. The lowest BCUT2D eigenvalue weighted by Crippen LogP contribution is -1.97. The molecule has 0 fully saturated rings. The van der Waals surface area contributed by atoms with Crippen LogP contribution in [0, 0.1) is 13.8 Å². The molecule has 1 aromatic heterocycles. The van der Waals surface area contributed by atoms with Gasteiger partial charge in [-0.05, 0) is 40.9 Å². The van der Waals surface area contributed by atoms with Crippen LogP contribution in [0.3, 0.4) is 0 Å². The van der Waals surface area contributed by atoms with Crippen molar-refractivity contribution in [3.63, 3.8) is 0 Å². The Balaban J connectivity index is 2.63. The largest absolute Gasteiger partial charge is 0.381 e. The van der Waals surface area contributed by atoms with Crippen LogP contribution in [0.1, 0.15) is 11.1 Å². The molecule has 0 atom stereocenters. The van der Waals surface area contributed by atoms with Crippen LogP contribution in [-0.4, -0.2) is 9.97 Å². The summed E-state index contributed by atoms with van der Waals surface area (Å²) in [6.07, 6.45) is 1.70. The molecule has 4 heteroatoms. The van der Waals surface area contributed by atoms with E-state index in [-0.39, 0.29) is 0 Å². The highest BCUT2D eigenvalue weighted by atomic mass is 79.9. The van der Waals surface area contributed by atoms with E-state index in [1.54, 1.807) is 6.20 Å². The summed E-state index contributed by atoms with van der Waals surface area (Å²) >= 11 is 3.29. The first kappa shape index (κ1) is 11.1. The average molecular weight is 278 g/mol. The first-order chi connectivity index (χ1) is 7.59. The Labute approximate surface area is 103 Å². The highest BCUT2D eigenvalue weighted by molar-refractivity contribution is 9.10. The third-order valence-electron chi connectivity index (χ3n) is 2.49. The van der Waals surface area contributed by atoms with E-state index < -0.39 is 0 Å². The lowest BCUT2D eigenvalue weighted by molar-refractivity contribution is 1.17. The van der Waals surface area contributed by atoms with Gasteiger partial charge >= 0.3 is 0 Å². The molecule has 1 aromatic carbocycles. The van der Waals surface area contributed by atoms with Gasteiger partial charge in [0.15, 0.2) is 5.82 Å². The normalized spacial score (nSPS) is 10.4. The van der Waals surface area contributed by atoms with Crippen molar-refractivity contribution < 1.29 is 0 Å². The molecule has 2 rings (SSSR count). The minimum Gasteiger partial charge on any atom is -0.381 e. The van der Waals surface area contributed by atoms with E-state index in [2.05, 4.69) is 51.9 Å². The predicted molar refractivity (Wildman–Crippen MR) is 69.1 cm³/mol. The maximum atomic E-state index is 5.62. The van der Waals surface area contributed by atoms with E-state index in [0.29, 0.717) is 10.4 Å². The van der Waals surface area contributed by atoms with Crippen LogP contribution in [0.25, 0.3) is 11.3 Å². The summed E-state index contributed by atoms with van der Waals surface area (Å²) in [5, 5.41) is 0. The summed E-state index contributed by atoms with van der Waals surface area (Å²) < 4.78 is 0.590. The van der Waals surface area contributed by atoms with E-state index in [0.717, 1.165) is 11.3 Å². The molecule has 0 unspecified atom stereocenters. The molecule has 2 N–H and O–H groups in total. The van der Waals surface area contributed by atoms with Crippen LogP contribution in [0.5, 0.6) is 0 Å². The molecular formula is C12H12BrN3. The highest BCUT2D eigenvalue weighted by Crippen LogP contribution is 2.27. The van der Waals surface area contributed by atoms with Gasteiger partial charge in [0, 0.05) is 5.56 Å². The average Bonchev–Trinajstić information content (AvgIpc) is 2.23. The second-order valence-corrected chi connectivity index (χ2v) is 4.45. The number of aryl methyl sites for hydroxylation is 2. The third kappa shape index (κ3) is 1.93. The Hall–Kier alpha value is -1.42. The molecule has 0 aliphatic carbocycles. The first-order valence-corrected chi connectivity index (χ1v) is 5.73. The second-order valence-electron chi connectivity index (χ2n) is 3.70. The Morgan fingerprint density at radius 2 is 1.81 bits per heavy atom. The SMILES string of the molecule is Cc1cccc(C)c1-c1cnc(N)c(Br)n1. The van der Waals surface area contributed by atoms with Crippen molar-refractivity contribution in [3.8, 4) is 11.3 Å². The van der Waals surface area contributed by atoms with Crippen molar-refractivity contribution in [2.24, 2.45) is 0 Å². The Morgan fingerprint density at radius 3 is 2.38 bits per heavy atom. The molecule has 0 bridgehead atoms. The van der Waals surface area contributed by atoms with Gasteiger partial charge in [-0.2, -0.15) is 0 Å². The Morgan fingerprint density at radius 1 is 1.19 bits per heavy atom. The molecule has 0 saturated heterocycles. The third-order valence-corrected chi connectivity index (χ3v) is 3.08. The van der Waals surface area contributed by atoms with Crippen LogP contribution in [0.15, 0.2) is 29.0 Å². The fourth-order valence-electron chi connectivity index (χ4n) is 1.71. The van der Waals surface area contributed by atoms with E-state index in [9.17, 15) is 0 Å². The van der Waals surface area contributed by atoms with Crippen molar-refractivity contribution >= 4 is 21.7 Å². The number of hydrogen-bond donors (Lipinski definition) is 1. The summed E-state index contributed by atoms with van der Waals surface area (Å²) in [7, 11) is 0. The molecule has 0 spiro atoms. The number of nitrogens with zero attached hydrogens (tertiary/aromatic N) is 2. The van der Waals surface area contributed by atoms with E-state index in [1.165, 1.54) is 11.1 Å². The molecule has 0 aliphatic heterocycles. The molecular weight excluding hydrogens is 266 g/mol.